The van der Waals surface area contributed by atoms with Crippen molar-refractivity contribution in [2.75, 3.05) is 0 Å². The summed E-state index contributed by atoms with van der Waals surface area (Å²) in [6.07, 6.45) is 1.60. The van der Waals surface area contributed by atoms with E-state index in [1.807, 2.05) is 84.9 Å². The van der Waals surface area contributed by atoms with Crippen LogP contribution in [0.25, 0.3) is 10.8 Å². The maximum atomic E-state index is 12.6. The molecule has 4 nitrogen and oxygen atoms in total. The lowest BCUT2D eigenvalue weighted by molar-refractivity contribution is 0.0957. The zero-order chi connectivity index (χ0) is 20.8. The number of hydrazone groups is 1. The number of benzene rings is 4. The molecule has 4 aromatic carbocycles. The zero-order valence-electron chi connectivity index (χ0n) is 16.1. The van der Waals surface area contributed by atoms with Gasteiger partial charge in [0.25, 0.3) is 5.91 Å². The summed E-state index contributed by atoms with van der Waals surface area (Å²) in [6, 6.07) is 29.0. The van der Waals surface area contributed by atoms with Gasteiger partial charge in [0.15, 0.2) is 0 Å². The molecular weight excluding hydrogens is 440 g/mol. The number of carbonyl (C=O) groups is 1. The Morgan fingerprint density at radius 3 is 2.50 bits per heavy atom. The predicted octanol–water partition coefficient (Wildman–Crippen LogP) is 5.95. The second-order valence-corrected chi connectivity index (χ2v) is 7.59. The van der Waals surface area contributed by atoms with E-state index in [2.05, 4.69) is 26.5 Å². The first kappa shape index (κ1) is 19.9. The number of hydrogen-bond donors (Lipinski definition) is 1. The number of nitrogens with one attached hydrogen (secondary N) is 1. The molecular formula is C25H19BrN2O2. The molecule has 0 radical (unpaired) electrons. The Morgan fingerprint density at radius 1 is 0.900 bits per heavy atom. The van der Waals surface area contributed by atoms with Gasteiger partial charge in [-0.2, -0.15) is 5.10 Å². The molecule has 0 fully saturated rings. The lowest BCUT2D eigenvalue weighted by atomic mass is 10.0. The summed E-state index contributed by atoms with van der Waals surface area (Å²) >= 11 is 3.43. The quantitative estimate of drug-likeness (QED) is 0.286. The van der Waals surface area contributed by atoms with Gasteiger partial charge in [-0.15, -0.1) is 0 Å². The van der Waals surface area contributed by atoms with E-state index in [0.717, 1.165) is 26.4 Å². The maximum Gasteiger partial charge on any atom is 0.271 e. The summed E-state index contributed by atoms with van der Waals surface area (Å²) in [7, 11) is 0. The molecule has 0 saturated carbocycles. The van der Waals surface area contributed by atoms with E-state index in [1.54, 1.807) is 12.3 Å². The van der Waals surface area contributed by atoms with Crippen LogP contribution in [0.2, 0.25) is 0 Å². The van der Waals surface area contributed by atoms with Crippen LogP contribution in [0.3, 0.4) is 0 Å². The fourth-order valence-electron chi connectivity index (χ4n) is 3.10. The molecule has 0 aromatic heterocycles. The van der Waals surface area contributed by atoms with Crippen LogP contribution in [-0.4, -0.2) is 12.1 Å². The summed E-state index contributed by atoms with van der Waals surface area (Å²) in [5, 5.41) is 6.05. The van der Waals surface area contributed by atoms with E-state index in [9.17, 15) is 4.79 Å². The molecule has 0 saturated heterocycles. The number of para-hydroxylation sites is 1. The summed E-state index contributed by atoms with van der Waals surface area (Å²) < 4.78 is 6.97. The number of rotatable bonds is 6. The number of halogens is 1. The van der Waals surface area contributed by atoms with Crippen molar-refractivity contribution in [3.63, 3.8) is 0 Å². The van der Waals surface area contributed by atoms with Crippen molar-refractivity contribution in [2.24, 2.45) is 5.10 Å². The molecule has 5 heteroatoms. The summed E-state index contributed by atoms with van der Waals surface area (Å²) in [5.74, 6) is 0.444. The molecule has 0 aliphatic carbocycles. The third-order valence-electron chi connectivity index (χ3n) is 4.63. The van der Waals surface area contributed by atoms with Gasteiger partial charge in [0.1, 0.15) is 12.4 Å². The van der Waals surface area contributed by atoms with E-state index in [0.29, 0.717) is 17.9 Å². The molecule has 148 valence electrons. The van der Waals surface area contributed by atoms with E-state index in [4.69, 9.17) is 4.74 Å². The Hall–Kier alpha value is -3.44. The van der Waals surface area contributed by atoms with Crippen LogP contribution < -0.4 is 10.2 Å². The van der Waals surface area contributed by atoms with Crippen molar-refractivity contribution in [2.45, 2.75) is 6.61 Å². The minimum absolute atomic E-state index is 0.253. The Morgan fingerprint density at radius 2 is 1.63 bits per heavy atom. The van der Waals surface area contributed by atoms with Crippen LogP contribution in [0, 0.1) is 0 Å². The molecule has 0 heterocycles. The van der Waals surface area contributed by atoms with Crippen molar-refractivity contribution in [3.05, 3.63) is 112 Å². The third kappa shape index (κ3) is 4.75. The van der Waals surface area contributed by atoms with Crippen LogP contribution in [0.1, 0.15) is 21.5 Å². The normalized spacial score (nSPS) is 11.0. The van der Waals surface area contributed by atoms with Gasteiger partial charge in [-0.1, -0.05) is 76.6 Å². The van der Waals surface area contributed by atoms with Crippen molar-refractivity contribution >= 4 is 38.8 Å². The molecule has 4 aromatic rings. The molecule has 0 aliphatic rings. The topological polar surface area (TPSA) is 50.7 Å². The number of fused-ring (bicyclic) bond motifs is 1. The highest BCUT2D eigenvalue weighted by molar-refractivity contribution is 9.10. The lowest BCUT2D eigenvalue weighted by Gasteiger charge is -2.09. The minimum atomic E-state index is -0.253. The molecule has 4 rings (SSSR count). The van der Waals surface area contributed by atoms with Crippen LogP contribution in [0.4, 0.5) is 0 Å². The first-order valence-electron chi connectivity index (χ1n) is 9.48. The number of amides is 1. The van der Waals surface area contributed by atoms with Crippen molar-refractivity contribution in [1.82, 2.24) is 5.43 Å². The summed E-state index contributed by atoms with van der Waals surface area (Å²) in [5.41, 5.74) is 5.05. The maximum absolute atomic E-state index is 12.6. The number of carbonyl (C=O) groups excluding carboxylic acids is 1. The number of nitrogens with zero attached hydrogens (tertiary/aromatic N) is 1. The van der Waals surface area contributed by atoms with Crippen molar-refractivity contribution < 1.29 is 9.53 Å². The number of hydrogen-bond acceptors (Lipinski definition) is 3. The summed E-state index contributed by atoms with van der Waals surface area (Å²) in [6.45, 7) is 0.445. The Balaban J connectivity index is 1.45. The molecule has 0 aliphatic heterocycles. The second-order valence-electron chi connectivity index (χ2n) is 6.68. The third-order valence-corrected chi connectivity index (χ3v) is 5.16. The van der Waals surface area contributed by atoms with Gasteiger partial charge in [0.2, 0.25) is 0 Å². The van der Waals surface area contributed by atoms with Gasteiger partial charge in [-0.05, 0) is 46.7 Å². The standard InChI is InChI=1S/C25H19BrN2O2/c26-21-14-12-18(13-15-21)17-30-24-11-4-2-7-20(24)16-27-28-25(29)23-10-5-8-19-6-1-3-9-22(19)23/h1-16H,17H2,(H,28,29). The van der Waals surface area contributed by atoms with E-state index >= 15 is 0 Å². The second kappa shape index (κ2) is 9.37. The van der Waals surface area contributed by atoms with Crippen molar-refractivity contribution in [1.29, 1.82) is 0 Å². The molecule has 0 atom stereocenters. The van der Waals surface area contributed by atoms with Gasteiger partial charge in [-0.25, -0.2) is 5.43 Å². The average molecular weight is 459 g/mol. The van der Waals surface area contributed by atoms with Crippen molar-refractivity contribution in [3.8, 4) is 5.75 Å². The molecule has 0 spiro atoms. The Kier molecular flexibility index (Phi) is 6.20. The average Bonchev–Trinajstić information content (AvgIpc) is 2.79. The molecule has 0 bridgehead atoms. The SMILES string of the molecule is O=C(NN=Cc1ccccc1OCc1ccc(Br)cc1)c1cccc2ccccc12. The largest absolute Gasteiger partial charge is 0.488 e. The molecule has 0 unspecified atom stereocenters. The fourth-order valence-corrected chi connectivity index (χ4v) is 3.37. The van der Waals surface area contributed by atoms with Crippen LogP contribution >= 0.6 is 15.9 Å². The Bertz CT molecular complexity index is 1200. The lowest BCUT2D eigenvalue weighted by Crippen LogP contribution is -2.18. The smallest absolute Gasteiger partial charge is 0.271 e. The first-order chi connectivity index (χ1) is 14.7. The Labute approximate surface area is 183 Å². The monoisotopic (exact) mass is 458 g/mol. The molecule has 1 N–H and O–H groups in total. The highest BCUT2D eigenvalue weighted by Crippen LogP contribution is 2.20. The summed E-state index contributed by atoms with van der Waals surface area (Å²) in [4.78, 5) is 12.6. The fraction of sp³-hybridized carbons (Fsp3) is 0.0400. The van der Waals surface area contributed by atoms with Crippen LogP contribution in [0.5, 0.6) is 5.75 Å². The van der Waals surface area contributed by atoms with Gasteiger partial charge in [0.05, 0.1) is 6.21 Å². The van der Waals surface area contributed by atoms with Gasteiger partial charge < -0.3 is 4.74 Å². The van der Waals surface area contributed by atoms with E-state index in [-0.39, 0.29) is 5.91 Å². The van der Waals surface area contributed by atoms with Gasteiger partial charge in [-0.3, -0.25) is 4.79 Å². The molecule has 1 amide bonds. The van der Waals surface area contributed by atoms with E-state index < -0.39 is 0 Å². The highest BCUT2D eigenvalue weighted by Gasteiger charge is 2.08. The van der Waals surface area contributed by atoms with Gasteiger partial charge in [0, 0.05) is 15.6 Å². The highest BCUT2D eigenvalue weighted by atomic mass is 79.9. The number of ether oxygens (including phenoxy) is 1. The minimum Gasteiger partial charge on any atom is -0.488 e. The van der Waals surface area contributed by atoms with Crippen LogP contribution in [0.15, 0.2) is 101 Å². The zero-order valence-corrected chi connectivity index (χ0v) is 17.7. The first-order valence-corrected chi connectivity index (χ1v) is 10.3. The predicted molar refractivity (Wildman–Crippen MR) is 124 cm³/mol. The van der Waals surface area contributed by atoms with Crippen LogP contribution in [-0.2, 0) is 6.61 Å². The van der Waals surface area contributed by atoms with Gasteiger partial charge >= 0.3 is 0 Å². The van der Waals surface area contributed by atoms with E-state index in [1.165, 1.54) is 0 Å². The molecule has 30 heavy (non-hydrogen) atoms.